The molecule has 0 aliphatic rings. The molecule has 0 radical (unpaired) electrons. The van der Waals surface area contributed by atoms with Gasteiger partial charge in [0.1, 0.15) is 0 Å². The molecule has 1 aromatic rings. The van der Waals surface area contributed by atoms with Gasteiger partial charge in [-0.3, -0.25) is 0 Å². The number of carbonyl (C=O) groups excluding carboxylic acids is 1. The maximum absolute atomic E-state index is 11.2. The Morgan fingerprint density at radius 1 is 1.44 bits per heavy atom. The van der Waals surface area contributed by atoms with Crippen molar-refractivity contribution in [2.75, 3.05) is 6.54 Å². The van der Waals surface area contributed by atoms with Crippen LogP contribution < -0.4 is 10.6 Å². The highest BCUT2D eigenvalue weighted by atomic mass is 79.9. The second-order valence-electron chi connectivity index (χ2n) is 3.50. The van der Waals surface area contributed by atoms with Gasteiger partial charge in [0.2, 0.25) is 0 Å². The number of carbonyl (C=O) groups is 1. The van der Waals surface area contributed by atoms with Gasteiger partial charge in [-0.25, -0.2) is 4.79 Å². The van der Waals surface area contributed by atoms with Gasteiger partial charge in [-0.15, -0.1) is 0 Å². The SMILES string of the molecule is C=C(C)NC(=O)NCCc1ccccc1Br. The second-order valence-corrected chi connectivity index (χ2v) is 4.36. The van der Waals surface area contributed by atoms with Crippen LogP contribution >= 0.6 is 15.9 Å². The molecule has 0 unspecified atom stereocenters. The highest BCUT2D eigenvalue weighted by Crippen LogP contribution is 2.15. The molecule has 1 rings (SSSR count). The first kappa shape index (κ1) is 12.8. The van der Waals surface area contributed by atoms with Gasteiger partial charge >= 0.3 is 6.03 Å². The van der Waals surface area contributed by atoms with Crippen LogP contribution in [0.25, 0.3) is 0 Å². The predicted molar refractivity (Wildman–Crippen MR) is 69.2 cm³/mol. The fourth-order valence-electron chi connectivity index (χ4n) is 1.25. The minimum absolute atomic E-state index is 0.209. The van der Waals surface area contributed by atoms with E-state index in [1.165, 1.54) is 5.56 Å². The molecule has 0 bridgehead atoms. The van der Waals surface area contributed by atoms with Crippen LogP contribution in [-0.2, 0) is 6.42 Å². The number of halogens is 1. The van der Waals surface area contributed by atoms with E-state index in [0.717, 1.165) is 10.9 Å². The lowest BCUT2D eigenvalue weighted by molar-refractivity contribution is 0.243. The van der Waals surface area contributed by atoms with Gasteiger partial charge in [0.05, 0.1) is 0 Å². The molecule has 2 N–H and O–H groups in total. The quantitative estimate of drug-likeness (QED) is 0.876. The smallest absolute Gasteiger partial charge is 0.318 e. The number of urea groups is 1. The number of hydrogen-bond acceptors (Lipinski definition) is 1. The third-order valence-electron chi connectivity index (χ3n) is 1.96. The van der Waals surface area contributed by atoms with Crippen LogP contribution in [0.2, 0.25) is 0 Å². The van der Waals surface area contributed by atoms with Gasteiger partial charge in [-0.05, 0) is 25.0 Å². The van der Waals surface area contributed by atoms with Crippen LogP contribution in [0, 0.1) is 0 Å². The third kappa shape index (κ3) is 4.49. The molecule has 0 aromatic heterocycles. The summed E-state index contributed by atoms with van der Waals surface area (Å²) in [5.74, 6) is 0. The van der Waals surface area contributed by atoms with Crippen molar-refractivity contribution in [2.24, 2.45) is 0 Å². The van der Waals surface area contributed by atoms with E-state index in [1.54, 1.807) is 6.92 Å². The van der Waals surface area contributed by atoms with Crippen LogP contribution in [-0.4, -0.2) is 12.6 Å². The zero-order chi connectivity index (χ0) is 12.0. The second kappa shape index (κ2) is 6.33. The van der Waals surface area contributed by atoms with Crippen LogP contribution in [0.1, 0.15) is 12.5 Å². The number of benzene rings is 1. The molecular formula is C12H15BrN2O. The molecule has 4 heteroatoms. The Bertz CT molecular complexity index is 390. The minimum atomic E-state index is -0.209. The number of hydrogen-bond donors (Lipinski definition) is 2. The molecule has 86 valence electrons. The van der Waals surface area contributed by atoms with Crippen molar-refractivity contribution in [2.45, 2.75) is 13.3 Å². The summed E-state index contributed by atoms with van der Waals surface area (Å²) in [5.41, 5.74) is 1.82. The molecule has 0 heterocycles. The maximum atomic E-state index is 11.2. The summed E-state index contributed by atoms with van der Waals surface area (Å²) >= 11 is 3.46. The van der Waals surface area contributed by atoms with Gasteiger partial charge in [-0.1, -0.05) is 40.7 Å². The highest BCUT2D eigenvalue weighted by molar-refractivity contribution is 9.10. The van der Waals surface area contributed by atoms with Gasteiger partial charge in [-0.2, -0.15) is 0 Å². The maximum Gasteiger partial charge on any atom is 0.318 e. The van der Waals surface area contributed by atoms with Crippen LogP contribution in [0.5, 0.6) is 0 Å². The standard InChI is InChI=1S/C12H15BrN2O/c1-9(2)15-12(16)14-8-7-10-5-3-4-6-11(10)13/h3-6H,1,7-8H2,2H3,(H2,14,15,16). The van der Waals surface area contributed by atoms with Crippen molar-refractivity contribution in [3.63, 3.8) is 0 Å². The van der Waals surface area contributed by atoms with Crippen molar-refractivity contribution in [3.05, 3.63) is 46.6 Å². The Kier molecular flexibility index (Phi) is 5.05. The summed E-state index contributed by atoms with van der Waals surface area (Å²) in [6.07, 6.45) is 0.797. The molecule has 16 heavy (non-hydrogen) atoms. The van der Waals surface area contributed by atoms with Crippen molar-refractivity contribution < 1.29 is 4.79 Å². The third-order valence-corrected chi connectivity index (χ3v) is 2.74. The summed E-state index contributed by atoms with van der Waals surface area (Å²) in [4.78, 5) is 11.2. The van der Waals surface area contributed by atoms with Crippen molar-refractivity contribution >= 4 is 22.0 Å². The summed E-state index contributed by atoms with van der Waals surface area (Å²) < 4.78 is 1.07. The number of allylic oxidation sites excluding steroid dienone is 1. The summed E-state index contributed by atoms with van der Waals surface area (Å²) in [5, 5.41) is 5.35. The van der Waals surface area contributed by atoms with E-state index in [2.05, 4.69) is 33.1 Å². The Morgan fingerprint density at radius 3 is 2.75 bits per heavy atom. The van der Waals surface area contributed by atoms with E-state index in [1.807, 2.05) is 24.3 Å². The van der Waals surface area contributed by atoms with Crippen LogP contribution in [0.15, 0.2) is 41.0 Å². The Hall–Kier alpha value is -1.29. The molecule has 0 saturated heterocycles. The van der Waals surface area contributed by atoms with E-state index < -0.39 is 0 Å². The molecule has 2 amide bonds. The van der Waals surface area contributed by atoms with Gasteiger partial charge in [0.15, 0.2) is 0 Å². The van der Waals surface area contributed by atoms with E-state index in [4.69, 9.17) is 0 Å². The molecule has 0 atom stereocenters. The van der Waals surface area contributed by atoms with Crippen molar-refractivity contribution in [1.29, 1.82) is 0 Å². The lowest BCUT2D eigenvalue weighted by Crippen LogP contribution is -2.35. The Labute approximate surface area is 104 Å². The molecule has 0 aliphatic heterocycles. The first-order chi connectivity index (χ1) is 7.59. The highest BCUT2D eigenvalue weighted by Gasteiger charge is 2.01. The van der Waals surface area contributed by atoms with E-state index >= 15 is 0 Å². The van der Waals surface area contributed by atoms with E-state index in [9.17, 15) is 4.79 Å². The fraction of sp³-hybridized carbons (Fsp3) is 0.250. The average Bonchev–Trinajstić information content (AvgIpc) is 2.19. The van der Waals surface area contributed by atoms with E-state index in [-0.39, 0.29) is 6.03 Å². The molecule has 3 nitrogen and oxygen atoms in total. The topological polar surface area (TPSA) is 41.1 Å². The largest absolute Gasteiger partial charge is 0.338 e. The van der Waals surface area contributed by atoms with Crippen LogP contribution in [0.4, 0.5) is 4.79 Å². The van der Waals surface area contributed by atoms with Crippen molar-refractivity contribution in [1.82, 2.24) is 10.6 Å². The van der Waals surface area contributed by atoms with E-state index in [0.29, 0.717) is 12.2 Å². The fourth-order valence-corrected chi connectivity index (χ4v) is 1.73. The summed E-state index contributed by atoms with van der Waals surface area (Å²) in [6, 6.07) is 7.76. The first-order valence-electron chi connectivity index (χ1n) is 5.03. The summed E-state index contributed by atoms with van der Waals surface area (Å²) in [7, 11) is 0. The molecule has 0 aliphatic carbocycles. The Morgan fingerprint density at radius 2 is 2.12 bits per heavy atom. The predicted octanol–water partition coefficient (Wildman–Crippen LogP) is 2.82. The van der Waals surface area contributed by atoms with Gasteiger partial charge in [0.25, 0.3) is 0 Å². The van der Waals surface area contributed by atoms with Gasteiger partial charge in [0, 0.05) is 16.7 Å². The zero-order valence-electron chi connectivity index (χ0n) is 9.22. The molecule has 1 aromatic carbocycles. The number of nitrogens with one attached hydrogen (secondary N) is 2. The Balaban J connectivity index is 2.33. The van der Waals surface area contributed by atoms with Crippen LogP contribution in [0.3, 0.4) is 0 Å². The molecule has 0 fully saturated rings. The number of rotatable bonds is 4. The lowest BCUT2D eigenvalue weighted by Gasteiger charge is -2.07. The molecule has 0 saturated carbocycles. The lowest BCUT2D eigenvalue weighted by atomic mass is 10.1. The van der Waals surface area contributed by atoms with Gasteiger partial charge < -0.3 is 10.6 Å². The molecule has 0 spiro atoms. The van der Waals surface area contributed by atoms with Crippen molar-refractivity contribution in [3.8, 4) is 0 Å². The summed E-state index contributed by atoms with van der Waals surface area (Å²) in [6.45, 7) is 5.94. The minimum Gasteiger partial charge on any atom is -0.338 e. The monoisotopic (exact) mass is 282 g/mol. The average molecular weight is 283 g/mol. The normalized spacial score (nSPS) is 9.62. The zero-order valence-corrected chi connectivity index (χ0v) is 10.8. The number of amides is 2. The molecular weight excluding hydrogens is 268 g/mol. The first-order valence-corrected chi connectivity index (χ1v) is 5.82.